The van der Waals surface area contributed by atoms with Crippen LogP contribution in [-0.4, -0.2) is 35.5 Å². The molecule has 20 heavy (non-hydrogen) atoms. The number of hydrogen-bond acceptors (Lipinski definition) is 4. The Bertz CT molecular complexity index is 489. The molecule has 0 aliphatic heterocycles. The molecule has 0 spiro atoms. The largest absolute Gasteiger partial charge is 0.462 e. The van der Waals surface area contributed by atoms with E-state index in [9.17, 15) is 27.9 Å². The van der Waals surface area contributed by atoms with Gasteiger partial charge in [0.25, 0.3) is 5.91 Å². The van der Waals surface area contributed by atoms with Crippen molar-refractivity contribution in [3.05, 3.63) is 35.9 Å². The van der Waals surface area contributed by atoms with Crippen molar-refractivity contribution in [3.63, 3.8) is 0 Å². The van der Waals surface area contributed by atoms with Crippen LogP contribution in [0, 0.1) is 0 Å². The summed E-state index contributed by atoms with van der Waals surface area (Å²) in [4.78, 5) is 22.9. The molecule has 2 N–H and O–H groups in total. The van der Waals surface area contributed by atoms with Crippen LogP contribution in [0.4, 0.5) is 13.2 Å². The van der Waals surface area contributed by atoms with E-state index in [1.54, 1.807) is 6.07 Å². The highest BCUT2D eigenvalue weighted by atomic mass is 19.4. The van der Waals surface area contributed by atoms with E-state index in [4.69, 9.17) is 0 Å². The molecular weight excluding hydrogens is 279 g/mol. The maximum atomic E-state index is 12.8. The highest BCUT2D eigenvalue weighted by molar-refractivity contribution is 5.97. The number of esters is 1. The number of benzene rings is 1. The molecular formula is C12H12F3NO4. The van der Waals surface area contributed by atoms with E-state index in [2.05, 4.69) is 4.74 Å². The Morgan fingerprint density at radius 3 is 2.25 bits per heavy atom. The first-order valence-electron chi connectivity index (χ1n) is 5.56. The van der Waals surface area contributed by atoms with Crippen molar-refractivity contribution >= 4 is 11.9 Å². The standard InChI is InChI=1S/C12H12F3NO4/c1-2-20-10(18)11(19,12(13,14)15)16-9(17)8-6-4-3-5-7-8/h3-7,19H,2H2,1H3,(H,16,17)/t11-/m0/s1. The van der Waals surface area contributed by atoms with E-state index in [0.717, 1.165) is 0 Å². The quantitative estimate of drug-likeness (QED) is 0.646. The zero-order valence-electron chi connectivity index (χ0n) is 10.4. The number of carbonyl (C=O) groups excluding carboxylic acids is 2. The molecule has 0 unspecified atom stereocenters. The van der Waals surface area contributed by atoms with E-state index in [1.165, 1.54) is 36.5 Å². The molecule has 5 nitrogen and oxygen atoms in total. The van der Waals surface area contributed by atoms with E-state index < -0.39 is 23.8 Å². The lowest BCUT2D eigenvalue weighted by Gasteiger charge is -2.28. The van der Waals surface area contributed by atoms with Crippen molar-refractivity contribution in [1.29, 1.82) is 0 Å². The molecule has 0 saturated carbocycles. The fraction of sp³-hybridized carbons (Fsp3) is 0.333. The molecule has 1 amide bonds. The first kappa shape index (κ1) is 16.0. The minimum Gasteiger partial charge on any atom is -0.462 e. The number of alkyl halides is 3. The summed E-state index contributed by atoms with van der Waals surface area (Å²) in [7, 11) is 0. The highest BCUT2D eigenvalue weighted by Gasteiger charge is 2.62. The lowest BCUT2D eigenvalue weighted by atomic mass is 10.1. The Hall–Kier alpha value is -2.09. The van der Waals surface area contributed by atoms with Crippen molar-refractivity contribution in [2.45, 2.75) is 18.8 Å². The van der Waals surface area contributed by atoms with Gasteiger partial charge in [-0.25, -0.2) is 4.79 Å². The SMILES string of the molecule is CCOC(=O)[C@@](O)(NC(=O)c1ccccc1)C(F)(F)F. The molecule has 0 aliphatic rings. The lowest BCUT2D eigenvalue weighted by Crippen LogP contribution is -2.64. The fourth-order valence-electron chi connectivity index (χ4n) is 1.30. The highest BCUT2D eigenvalue weighted by Crippen LogP contribution is 2.29. The molecule has 0 radical (unpaired) electrons. The predicted octanol–water partition coefficient (Wildman–Crippen LogP) is 1.23. The Balaban J connectivity index is 3.03. The first-order valence-corrected chi connectivity index (χ1v) is 5.56. The van der Waals surface area contributed by atoms with Crippen LogP contribution in [0.1, 0.15) is 17.3 Å². The summed E-state index contributed by atoms with van der Waals surface area (Å²) in [6.45, 7) is 0.895. The zero-order chi connectivity index (χ0) is 15.4. The molecule has 0 aromatic heterocycles. The number of halogens is 3. The van der Waals surface area contributed by atoms with Gasteiger partial charge in [0.1, 0.15) is 0 Å². The maximum absolute atomic E-state index is 12.8. The maximum Gasteiger partial charge on any atom is 0.448 e. The molecule has 0 fully saturated rings. The number of hydrogen-bond donors (Lipinski definition) is 2. The molecule has 110 valence electrons. The van der Waals surface area contributed by atoms with Crippen LogP contribution < -0.4 is 5.32 Å². The van der Waals surface area contributed by atoms with Crippen LogP contribution in [0.3, 0.4) is 0 Å². The van der Waals surface area contributed by atoms with E-state index in [0.29, 0.717) is 0 Å². The van der Waals surface area contributed by atoms with Gasteiger partial charge < -0.3 is 15.2 Å². The van der Waals surface area contributed by atoms with Crippen molar-refractivity contribution < 1.29 is 32.6 Å². The van der Waals surface area contributed by atoms with Crippen LogP contribution in [0.15, 0.2) is 30.3 Å². The second-order valence-corrected chi connectivity index (χ2v) is 3.75. The Morgan fingerprint density at radius 2 is 1.80 bits per heavy atom. The summed E-state index contributed by atoms with van der Waals surface area (Å²) in [5.41, 5.74) is -4.23. The topological polar surface area (TPSA) is 75.6 Å². The number of rotatable bonds is 4. The van der Waals surface area contributed by atoms with E-state index in [1.807, 2.05) is 0 Å². The first-order chi connectivity index (χ1) is 9.22. The monoisotopic (exact) mass is 291 g/mol. The van der Waals surface area contributed by atoms with Gasteiger partial charge in [0.2, 0.25) is 0 Å². The Labute approximate surface area is 112 Å². The Morgan fingerprint density at radius 1 is 1.25 bits per heavy atom. The van der Waals surface area contributed by atoms with Gasteiger partial charge >= 0.3 is 17.9 Å². The third-order valence-corrected chi connectivity index (χ3v) is 2.31. The van der Waals surface area contributed by atoms with Gasteiger partial charge in [-0.1, -0.05) is 18.2 Å². The minimum atomic E-state index is -5.41. The fourth-order valence-corrected chi connectivity index (χ4v) is 1.30. The summed E-state index contributed by atoms with van der Waals surface area (Å²) in [6.07, 6.45) is -5.41. The normalized spacial score (nSPS) is 14.2. The van der Waals surface area contributed by atoms with Gasteiger partial charge in [-0.15, -0.1) is 0 Å². The van der Waals surface area contributed by atoms with Crippen molar-refractivity contribution in [3.8, 4) is 0 Å². The summed E-state index contributed by atoms with van der Waals surface area (Å²) in [5, 5.41) is 10.7. The van der Waals surface area contributed by atoms with Crippen molar-refractivity contribution in [2.75, 3.05) is 6.61 Å². The number of amides is 1. The molecule has 0 aliphatic carbocycles. The molecule has 1 aromatic rings. The van der Waals surface area contributed by atoms with Gasteiger partial charge in [-0.3, -0.25) is 4.79 Å². The summed E-state index contributed by atoms with van der Waals surface area (Å²) >= 11 is 0. The molecule has 1 aromatic carbocycles. The minimum absolute atomic E-state index is 0.139. The molecule has 0 bridgehead atoms. The Kier molecular flexibility index (Phi) is 4.72. The molecule has 0 heterocycles. The van der Waals surface area contributed by atoms with E-state index >= 15 is 0 Å². The second kappa shape index (κ2) is 5.91. The number of carbonyl (C=O) groups is 2. The third-order valence-electron chi connectivity index (χ3n) is 2.31. The number of ether oxygens (including phenoxy) is 1. The van der Waals surface area contributed by atoms with Crippen LogP contribution >= 0.6 is 0 Å². The molecule has 1 atom stereocenters. The van der Waals surface area contributed by atoms with Gasteiger partial charge in [0, 0.05) is 5.56 Å². The van der Waals surface area contributed by atoms with Crippen LogP contribution in [0.5, 0.6) is 0 Å². The summed E-state index contributed by atoms with van der Waals surface area (Å²) in [6, 6.07) is 6.87. The lowest BCUT2D eigenvalue weighted by molar-refractivity contribution is -0.269. The van der Waals surface area contributed by atoms with Crippen LogP contribution in [0.2, 0.25) is 0 Å². The molecule has 8 heteroatoms. The molecule has 0 saturated heterocycles. The average Bonchev–Trinajstić information content (AvgIpc) is 2.38. The third kappa shape index (κ3) is 3.27. The van der Waals surface area contributed by atoms with Crippen LogP contribution in [0.25, 0.3) is 0 Å². The second-order valence-electron chi connectivity index (χ2n) is 3.75. The smallest absolute Gasteiger partial charge is 0.448 e. The average molecular weight is 291 g/mol. The van der Waals surface area contributed by atoms with E-state index in [-0.39, 0.29) is 12.2 Å². The number of nitrogens with one attached hydrogen (secondary N) is 1. The van der Waals surface area contributed by atoms with Crippen LogP contribution in [-0.2, 0) is 9.53 Å². The summed E-state index contributed by atoms with van der Waals surface area (Å²) in [5.74, 6) is -3.24. The van der Waals surface area contributed by atoms with Gasteiger partial charge in [0.15, 0.2) is 0 Å². The van der Waals surface area contributed by atoms with Crippen molar-refractivity contribution in [1.82, 2.24) is 5.32 Å². The number of aliphatic hydroxyl groups is 1. The van der Waals surface area contributed by atoms with Crippen molar-refractivity contribution in [2.24, 2.45) is 0 Å². The van der Waals surface area contributed by atoms with Gasteiger partial charge in [-0.2, -0.15) is 13.2 Å². The van der Waals surface area contributed by atoms with Gasteiger partial charge in [0.05, 0.1) is 6.61 Å². The summed E-state index contributed by atoms with van der Waals surface area (Å²) < 4.78 is 42.5. The predicted molar refractivity (Wildman–Crippen MR) is 61.5 cm³/mol. The zero-order valence-corrected chi connectivity index (χ0v) is 10.4. The van der Waals surface area contributed by atoms with Gasteiger partial charge in [-0.05, 0) is 19.1 Å². The molecule has 1 rings (SSSR count).